The number of carbonyl (C=O) groups excluding carboxylic acids is 2. The van der Waals surface area contributed by atoms with E-state index in [1.165, 1.54) is 4.90 Å². The van der Waals surface area contributed by atoms with Crippen LogP contribution in [0.25, 0.3) is 0 Å². The van der Waals surface area contributed by atoms with Gasteiger partial charge in [-0.3, -0.25) is 9.59 Å². The average Bonchev–Trinajstić information content (AvgIpc) is 2.96. The van der Waals surface area contributed by atoms with Crippen molar-refractivity contribution < 1.29 is 24.2 Å². The first-order valence-corrected chi connectivity index (χ1v) is 7.99. The number of carboxylic acid groups (broad SMARTS) is 1. The van der Waals surface area contributed by atoms with Gasteiger partial charge in [0.1, 0.15) is 0 Å². The van der Waals surface area contributed by atoms with E-state index in [0.717, 1.165) is 5.56 Å². The Balaban J connectivity index is 1.60. The minimum absolute atomic E-state index is 0.0392. The number of amides is 2. The van der Waals surface area contributed by atoms with Crippen LogP contribution in [0.4, 0.5) is 0 Å². The quantitative estimate of drug-likeness (QED) is 0.859. The number of ether oxygens (including phenoxy) is 1. The van der Waals surface area contributed by atoms with E-state index in [1.807, 2.05) is 30.3 Å². The van der Waals surface area contributed by atoms with E-state index in [9.17, 15) is 14.4 Å². The van der Waals surface area contributed by atoms with Crippen molar-refractivity contribution in [1.82, 2.24) is 9.80 Å². The number of carbonyl (C=O) groups is 3. The van der Waals surface area contributed by atoms with Gasteiger partial charge in [0.25, 0.3) is 0 Å². The van der Waals surface area contributed by atoms with Crippen molar-refractivity contribution in [2.24, 2.45) is 5.92 Å². The maximum atomic E-state index is 12.6. The first-order valence-electron chi connectivity index (χ1n) is 7.99. The monoisotopic (exact) mass is 332 g/mol. The number of likely N-dealkylation sites (tertiary alicyclic amines) is 1. The van der Waals surface area contributed by atoms with Crippen molar-refractivity contribution in [3.63, 3.8) is 0 Å². The van der Waals surface area contributed by atoms with Gasteiger partial charge in [0.05, 0.1) is 19.1 Å². The number of rotatable bonds is 4. The highest BCUT2D eigenvalue weighted by atomic mass is 16.5. The maximum Gasteiger partial charge on any atom is 0.334 e. The Kier molecular flexibility index (Phi) is 4.80. The maximum absolute atomic E-state index is 12.6. The number of carboxylic acids is 1. The van der Waals surface area contributed by atoms with Crippen LogP contribution in [0.15, 0.2) is 30.3 Å². The van der Waals surface area contributed by atoms with Gasteiger partial charge in [0, 0.05) is 26.1 Å². The van der Waals surface area contributed by atoms with Crippen LogP contribution in [0.1, 0.15) is 12.0 Å². The van der Waals surface area contributed by atoms with Gasteiger partial charge < -0.3 is 19.6 Å². The molecular formula is C17H20N2O5. The Hall–Kier alpha value is -2.41. The van der Waals surface area contributed by atoms with E-state index in [-0.39, 0.29) is 31.4 Å². The second-order valence-electron chi connectivity index (χ2n) is 6.14. The molecule has 2 amide bonds. The molecule has 7 heteroatoms. The van der Waals surface area contributed by atoms with E-state index < -0.39 is 18.0 Å². The summed E-state index contributed by atoms with van der Waals surface area (Å²) in [4.78, 5) is 39.0. The molecular weight excluding hydrogens is 312 g/mol. The Morgan fingerprint density at radius 1 is 1.21 bits per heavy atom. The fraction of sp³-hybridized carbons (Fsp3) is 0.471. The highest BCUT2D eigenvalue weighted by Crippen LogP contribution is 2.23. The molecule has 0 bridgehead atoms. The number of hydrogen-bond acceptors (Lipinski definition) is 4. The second-order valence-corrected chi connectivity index (χ2v) is 6.14. The highest BCUT2D eigenvalue weighted by molar-refractivity contribution is 5.89. The molecule has 2 fully saturated rings. The molecule has 3 rings (SSSR count). The predicted octanol–water partition coefficient (Wildman–Crippen LogP) is 0.347. The van der Waals surface area contributed by atoms with Crippen LogP contribution in [0, 0.1) is 5.92 Å². The molecule has 0 saturated carbocycles. The molecule has 0 aliphatic carbocycles. The van der Waals surface area contributed by atoms with E-state index >= 15 is 0 Å². The molecule has 2 saturated heterocycles. The van der Waals surface area contributed by atoms with Gasteiger partial charge in [-0.2, -0.15) is 0 Å². The van der Waals surface area contributed by atoms with Crippen LogP contribution in [0.5, 0.6) is 0 Å². The first-order chi connectivity index (χ1) is 11.5. The van der Waals surface area contributed by atoms with Gasteiger partial charge in [0.2, 0.25) is 11.8 Å². The third-order valence-corrected chi connectivity index (χ3v) is 4.43. The van der Waals surface area contributed by atoms with Crippen molar-refractivity contribution in [2.45, 2.75) is 19.1 Å². The van der Waals surface area contributed by atoms with Crippen LogP contribution in [-0.4, -0.2) is 65.0 Å². The SMILES string of the molecule is O=C(O)[C@@H]1CN(C(=O)[C@@H]2CC(=O)N(Cc3ccccc3)C2)CCO1. The molecule has 128 valence electrons. The molecule has 0 unspecified atom stereocenters. The Morgan fingerprint density at radius 3 is 2.67 bits per heavy atom. The lowest BCUT2D eigenvalue weighted by molar-refractivity contribution is -0.160. The molecule has 2 atom stereocenters. The smallest absolute Gasteiger partial charge is 0.334 e. The summed E-state index contributed by atoms with van der Waals surface area (Å²) < 4.78 is 5.13. The van der Waals surface area contributed by atoms with Gasteiger partial charge in [0.15, 0.2) is 6.10 Å². The Morgan fingerprint density at radius 2 is 1.96 bits per heavy atom. The summed E-state index contributed by atoms with van der Waals surface area (Å²) in [6, 6.07) is 9.64. The lowest BCUT2D eigenvalue weighted by Crippen LogP contribution is -2.50. The normalized spacial score (nSPS) is 24.2. The number of nitrogens with zero attached hydrogens (tertiary/aromatic N) is 2. The zero-order valence-electron chi connectivity index (χ0n) is 13.3. The van der Waals surface area contributed by atoms with E-state index in [4.69, 9.17) is 9.84 Å². The van der Waals surface area contributed by atoms with Crippen molar-refractivity contribution in [3.8, 4) is 0 Å². The van der Waals surface area contributed by atoms with Crippen LogP contribution in [-0.2, 0) is 25.7 Å². The topological polar surface area (TPSA) is 87.2 Å². The van der Waals surface area contributed by atoms with Crippen LogP contribution < -0.4 is 0 Å². The summed E-state index contributed by atoms with van der Waals surface area (Å²) in [6.45, 7) is 1.48. The molecule has 2 aliphatic heterocycles. The Labute approximate surface area is 139 Å². The fourth-order valence-electron chi connectivity index (χ4n) is 3.15. The zero-order chi connectivity index (χ0) is 17.1. The molecule has 24 heavy (non-hydrogen) atoms. The highest BCUT2D eigenvalue weighted by Gasteiger charge is 2.38. The van der Waals surface area contributed by atoms with Gasteiger partial charge in [-0.25, -0.2) is 4.79 Å². The van der Waals surface area contributed by atoms with Gasteiger partial charge in [-0.15, -0.1) is 0 Å². The van der Waals surface area contributed by atoms with Crippen LogP contribution in [0.2, 0.25) is 0 Å². The molecule has 0 radical (unpaired) electrons. The van der Waals surface area contributed by atoms with Gasteiger partial charge in [-0.05, 0) is 5.56 Å². The third-order valence-electron chi connectivity index (χ3n) is 4.43. The summed E-state index contributed by atoms with van der Waals surface area (Å²) in [5.74, 6) is -1.68. The Bertz CT molecular complexity index is 633. The summed E-state index contributed by atoms with van der Waals surface area (Å²) in [5.41, 5.74) is 1.02. The molecule has 1 aromatic rings. The standard InChI is InChI=1S/C17H20N2O5/c20-15-8-13(10-19(15)9-12-4-2-1-3-5-12)16(21)18-6-7-24-14(11-18)17(22)23/h1-5,13-14H,6-11H2,(H,22,23)/t13-,14+/m1/s1. The summed E-state index contributed by atoms with van der Waals surface area (Å²) in [5, 5.41) is 9.03. The molecule has 7 nitrogen and oxygen atoms in total. The van der Waals surface area contributed by atoms with Gasteiger partial charge in [-0.1, -0.05) is 30.3 Å². The largest absolute Gasteiger partial charge is 0.479 e. The third kappa shape index (κ3) is 3.56. The molecule has 0 aromatic heterocycles. The summed E-state index contributed by atoms with van der Waals surface area (Å²) in [7, 11) is 0. The van der Waals surface area contributed by atoms with Gasteiger partial charge >= 0.3 is 5.97 Å². The molecule has 0 spiro atoms. The predicted molar refractivity (Wildman–Crippen MR) is 83.9 cm³/mol. The van der Waals surface area contributed by atoms with E-state index in [1.54, 1.807) is 4.90 Å². The summed E-state index contributed by atoms with van der Waals surface area (Å²) >= 11 is 0. The average molecular weight is 332 g/mol. The van der Waals surface area contributed by atoms with Crippen LogP contribution in [0.3, 0.4) is 0 Å². The van der Waals surface area contributed by atoms with E-state index in [2.05, 4.69) is 0 Å². The van der Waals surface area contributed by atoms with Crippen LogP contribution >= 0.6 is 0 Å². The number of aliphatic carboxylic acids is 1. The lowest BCUT2D eigenvalue weighted by atomic mass is 10.1. The first kappa shape index (κ1) is 16.4. The van der Waals surface area contributed by atoms with Crippen molar-refractivity contribution in [2.75, 3.05) is 26.2 Å². The number of morpholine rings is 1. The number of hydrogen-bond donors (Lipinski definition) is 1. The van der Waals surface area contributed by atoms with E-state index in [0.29, 0.717) is 19.6 Å². The minimum Gasteiger partial charge on any atom is -0.479 e. The minimum atomic E-state index is -1.07. The lowest BCUT2D eigenvalue weighted by Gasteiger charge is -2.32. The number of benzene rings is 1. The van der Waals surface area contributed by atoms with Crippen molar-refractivity contribution in [3.05, 3.63) is 35.9 Å². The van der Waals surface area contributed by atoms with Crippen molar-refractivity contribution in [1.29, 1.82) is 0 Å². The fourth-order valence-corrected chi connectivity index (χ4v) is 3.15. The second kappa shape index (κ2) is 7.00. The molecule has 1 N–H and O–H groups in total. The van der Waals surface area contributed by atoms with Crippen molar-refractivity contribution >= 4 is 17.8 Å². The molecule has 2 heterocycles. The molecule has 2 aliphatic rings. The zero-order valence-corrected chi connectivity index (χ0v) is 13.3. The summed E-state index contributed by atoms with van der Waals surface area (Å²) in [6.07, 6.45) is -0.805. The molecule has 1 aromatic carbocycles.